The summed E-state index contributed by atoms with van der Waals surface area (Å²) in [6, 6.07) is 0.935. The minimum absolute atomic E-state index is 0.732. The lowest BCUT2D eigenvalue weighted by Crippen LogP contribution is -2.54. The first kappa shape index (κ1) is 27.9. The summed E-state index contributed by atoms with van der Waals surface area (Å²) in [4.78, 5) is 56.0. The van der Waals surface area contributed by atoms with E-state index in [0.717, 1.165) is 23.8 Å². The number of nitrogens with one attached hydrogen (secondary N) is 1. The van der Waals surface area contributed by atoms with Crippen LogP contribution in [0.2, 0.25) is 0 Å². The normalized spacial score (nSPS) is 37.1. The maximum atomic E-state index is 12.1. The summed E-state index contributed by atoms with van der Waals surface area (Å²) in [6.07, 6.45) is -13.3. The van der Waals surface area contributed by atoms with Gasteiger partial charge in [-0.3, -0.25) is 28.2 Å². The van der Waals surface area contributed by atoms with Gasteiger partial charge >= 0.3 is 21.3 Å². The number of ketones is 1. The molecule has 3 rings (SSSR count). The Morgan fingerprint density at radius 3 is 2.31 bits per heavy atom. The van der Waals surface area contributed by atoms with E-state index in [0.29, 0.717) is 0 Å². The Morgan fingerprint density at radius 2 is 1.69 bits per heavy atom. The van der Waals surface area contributed by atoms with Crippen LogP contribution in [0.3, 0.4) is 0 Å². The van der Waals surface area contributed by atoms with E-state index in [4.69, 9.17) is 9.47 Å². The third-order valence-corrected chi connectivity index (χ3v) is 7.54. The number of carbonyl (C=O) groups is 1. The molecule has 1 aromatic rings. The standard InChI is InChI=1S/C15H22N2O16P2/c1-5-8(19)10(21)12(23)14(30-5)32-35(27,28)33-34(25,26)29-4-6-9(20)11(22)13(31-6)17-3-2-7(18)16-15(17)24/h2-3,5-6,9-14,20-23H,4H2,1H3,(H,25,26)(H,27,28)(H,16,18,24)/t5-,6-,9-,10+,11-,12-,13-,14+/m1/s1. The highest BCUT2D eigenvalue weighted by Gasteiger charge is 2.48. The Bertz CT molecular complexity index is 1150. The minimum Gasteiger partial charge on any atom is -0.387 e. The van der Waals surface area contributed by atoms with Gasteiger partial charge in [0.25, 0.3) is 5.56 Å². The summed E-state index contributed by atoms with van der Waals surface area (Å²) < 4.78 is 48.0. The van der Waals surface area contributed by atoms with E-state index in [2.05, 4.69) is 13.4 Å². The van der Waals surface area contributed by atoms with Crippen LogP contribution in [0.25, 0.3) is 0 Å². The minimum atomic E-state index is -5.53. The van der Waals surface area contributed by atoms with Crippen LogP contribution >= 0.6 is 15.6 Å². The molecule has 2 saturated heterocycles. The predicted molar refractivity (Wildman–Crippen MR) is 106 cm³/mol. The Morgan fingerprint density at radius 1 is 1.03 bits per heavy atom. The molecule has 7 N–H and O–H groups in total. The van der Waals surface area contributed by atoms with E-state index in [1.165, 1.54) is 0 Å². The summed E-state index contributed by atoms with van der Waals surface area (Å²) in [5, 5.41) is 39.6. The fraction of sp³-hybridized carbons (Fsp3) is 0.667. The molecule has 2 unspecified atom stereocenters. The van der Waals surface area contributed by atoms with Gasteiger partial charge in [0.15, 0.2) is 18.3 Å². The van der Waals surface area contributed by atoms with Crippen molar-refractivity contribution in [2.45, 2.75) is 56.1 Å². The molecule has 0 aromatic carbocycles. The van der Waals surface area contributed by atoms with Crippen molar-refractivity contribution >= 4 is 21.4 Å². The molecule has 2 fully saturated rings. The molecule has 20 heteroatoms. The highest BCUT2D eigenvalue weighted by Crippen LogP contribution is 2.61. The number of Topliss-reactive ketones (excluding diaryl/α,β-unsaturated/α-hetero) is 1. The zero-order valence-electron chi connectivity index (χ0n) is 17.6. The fourth-order valence-corrected chi connectivity index (χ4v) is 5.35. The molecular formula is C15H22N2O16P2. The Balaban J connectivity index is 1.61. The first-order chi connectivity index (χ1) is 16.1. The lowest BCUT2D eigenvalue weighted by molar-refractivity contribution is -0.226. The van der Waals surface area contributed by atoms with Gasteiger partial charge in [0, 0.05) is 12.3 Å². The number of phosphoric acid groups is 2. The summed E-state index contributed by atoms with van der Waals surface area (Å²) >= 11 is 0. The summed E-state index contributed by atoms with van der Waals surface area (Å²) in [5.74, 6) is -0.943. The van der Waals surface area contributed by atoms with Crippen molar-refractivity contribution in [3.63, 3.8) is 0 Å². The topological polar surface area (TPSA) is 274 Å². The molecule has 1 aromatic heterocycles. The summed E-state index contributed by atoms with van der Waals surface area (Å²) in [6.45, 7) is 0.139. The highest BCUT2D eigenvalue weighted by molar-refractivity contribution is 7.61. The van der Waals surface area contributed by atoms with Crippen LogP contribution in [-0.2, 0) is 36.8 Å². The zero-order chi connectivity index (χ0) is 26.3. The third-order valence-electron chi connectivity index (χ3n) is 4.94. The molecule has 198 valence electrons. The van der Waals surface area contributed by atoms with Gasteiger partial charge in [0.05, 0.1) is 6.61 Å². The molecule has 2 aliphatic rings. The number of hydrogen-bond acceptors (Lipinski definition) is 14. The molecular weight excluding hydrogens is 526 g/mol. The average molecular weight is 548 g/mol. The van der Waals surface area contributed by atoms with Gasteiger partial charge in [-0.1, -0.05) is 0 Å². The zero-order valence-corrected chi connectivity index (χ0v) is 19.4. The van der Waals surface area contributed by atoms with E-state index in [1.54, 1.807) is 0 Å². The van der Waals surface area contributed by atoms with Crippen LogP contribution in [-0.4, -0.2) is 95.1 Å². The number of H-pyrrole nitrogens is 1. The Labute approximate surface area is 194 Å². The number of ether oxygens (including phenoxy) is 2. The van der Waals surface area contributed by atoms with E-state index >= 15 is 0 Å². The van der Waals surface area contributed by atoms with Crippen molar-refractivity contribution in [3.05, 3.63) is 33.1 Å². The second kappa shape index (κ2) is 10.4. The number of hydrogen-bond donors (Lipinski definition) is 7. The lowest BCUT2D eigenvalue weighted by atomic mass is 10.0. The third kappa shape index (κ3) is 6.39. The fourth-order valence-electron chi connectivity index (χ4n) is 3.19. The Hall–Kier alpha value is -1.63. The number of carbonyl (C=O) groups excluding carboxylic acids is 1. The number of nitrogens with zero attached hydrogens (tertiary/aromatic N) is 1. The number of aromatic amines is 1. The SMILES string of the molecule is C[C@H]1O[C@@H](OP(=O)(O)OP(=O)(O)OC[C@H]2O[C@@H](n3ccc(=O)[nH]c3=O)[C@H](O)[C@@H]2O)[C@H](O)[C@@H](O)C1=O. The number of rotatable bonds is 8. The molecule has 2 aliphatic heterocycles. The van der Waals surface area contributed by atoms with Crippen LogP contribution in [0, 0.1) is 0 Å². The van der Waals surface area contributed by atoms with E-state index in [9.17, 15) is 53.7 Å². The smallest absolute Gasteiger partial charge is 0.387 e. The number of aliphatic hydroxyl groups excluding tert-OH is 4. The molecule has 0 spiro atoms. The van der Waals surface area contributed by atoms with Crippen LogP contribution in [0.1, 0.15) is 13.2 Å². The molecule has 0 saturated carbocycles. The second-order valence-electron chi connectivity index (χ2n) is 7.47. The average Bonchev–Trinajstić information content (AvgIpc) is 3.02. The quantitative estimate of drug-likeness (QED) is 0.155. The van der Waals surface area contributed by atoms with Gasteiger partial charge in [-0.05, 0) is 6.92 Å². The van der Waals surface area contributed by atoms with Gasteiger partial charge < -0.3 is 39.7 Å². The molecule has 0 bridgehead atoms. The summed E-state index contributed by atoms with van der Waals surface area (Å²) in [7, 11) is -11.0. The molecule has 0 radical (unpaired) electrons. The maximum absolute atomic E-state index is 12.1. The van der Waals surface area contributed by atoms with Gasteiger partial charge in [-0.15, -0.1) is 0 Å². The van der Waals surface area contributed by atoms with Gasteiger partial charge in [-0.2, -0.15) is 4.31 Å². The van der Waals surface area contributed by atoms with Crippen molar-refractivity contribution in [1.82, 2.24) is 9.55 Å². The largest absolute Gasteiger partial charge is 0.483 e. The van der Waals surface area contributed by atoms with E-state index < -0.39 is 88.4 Å². The first-order valence-electron chi connectivity index (χ1n) is 9.70. The molecule has 18 nitrogen and oxygen atoms in total. The molecule has 0 aliphatic carbocycles. The van der Waals surface area contributed by atoms with Crippen molar-refractivity contribution in [3.8, 4) is 0 Å². The van der Waals surface area contributed by atoms with Crippen LogP contribution < -0.4 is 11.2 Å². The molecule has 0 amide bonds. The molecule has 3 heterocycles. The van der Waals surface area contributed by atoms with E-state index in [-0.39, 0.29) is 0 Å². The van der Waals surface area contributed by atoms with Crippen LogP contribution in [0.5, 0.6) is 0 Å². The number of aromatic nitrogens is 2. The number of phosphoric ester groups is 2. The second-order valence-corrected chi connectivity index (χ2v) is 10.5. The number of aliphatic hydroxyl groups is 4. The monoisotopic (exact) mass is 548 g/mol. The van der Waals surface area contributed by atoms with Crippen molar-refractivity contribution < 1.29 is 67.0 Å². The highest BCUT2D eigenvalue weighted by atomic mass is 31.3. The first-order valence-corrected chi connectivity index (χ1v) is 12.7. The van der Waals surface area contributed by atoms with Crippen molar-refractivity contribution in [1.29, 1.82) is 0 Å². The molecule has 35 heavy (non-hydrogen) atoms. The van der Waals surface area contributed by atoms with Crippen LogP contribution in [0.15, 0.2) is 21.9 Å². The lowest BCUT2D eigenvalue weighted by Gasteiger charge is -2.34. The molecule has 10 atom stereocenters. The maximum Gasteiger partial charge on any atom is 0.483 e. The summed E-state index contributed by atoms with van der Waals surface area (Å²) in [5.41, 5.74) is -1.73. The van der Waals surface area contributed by atoms with Gasteiger partial charge in [-0.25, -0.2) is 13.9 Å². The van der Waals surface area contributed by atoms with Crippen molar-refractivity contribution in [2.75, 3.05) is 6.61 Å². The van der Waals surface area contributed by atoms with Crippen LogP contribution in [0.4, 0.5) is 0 Å². The van der Waals surface area contributed by atoms with Gasteiger partial charge in [0.2, 0.25) is 0 Å². The van der Waals surface area contributed by atoms with Gasteiger partial charge in [0.1, 0.15) is 36.6 Å². The predicted octanol–water partition coefficient (Wildman–Crippen LogP) is -3.56. The van der Waals surface area contributed by atoms with Crippen molar-refractivity contribution in [2.24, 2.45) is 0 Å². The van der Waals surface area contributed by atoms with E-state index in [1.807, 2.05) is 4.98 Å². The Kier molecular flexibility index (Phi) is 8.30.